The number of ether oxygens (including phenoxy) is 1. The Bertz CT molecular complexity index is 438. The van der Waals surface area contributed by atoms with Gasteiger partial charge in [0.05, 0.1) is 5.56 Å². The first kappa shape index (κ1) is 14.4. The molecule has 0 bridgehead atoms. The lowest BCUT2D eigenvalue weighted by Crippen LogP contribution is -2.26. The second kappa shape index (κ2) is 5.30. The maximum Gasteiger partial charge on any atom is 0.329 e. The van der Waals surface area contributed by atoms with Gasteiger partial charge in [0, 0.05) is 12.1 Å². The van der Waals surface area contributed by atoms with E-state index in [4.69, 9.17) is 5.11 Å². The summed E-state index contributed by atoms with van der Waals surface area (Å²) in [5, 5.41) is 8.16. The Morgan fingerprint density at radius 2 is 1.72 bits per heavy atom. The molecule has 100 valence electrons. The van der Waals surface area contributed by atoms with E-state index in [9.17, 15) is 26.7 Å². The van der Waals surface area contributed by atoms with Crippen molar-refractivity contribution in [3.8, 4) is 0 Å². The van der Waals surface area contributed by atoms with Crippen molar-refractivity contribution < 1.29 is 36.6 Å². The van der Waals surface area contributed by atoms with Crippen molar-refractivity contribution in [2.24, 2.45) is 0 Å². The van der Waals surface area contributed by atoms with E-state index in [2.05, 4.69) is 4.74 Å². The lowest BCUT2D eigenvalue weighted by atomic mass is 10.1. The van der Waals surface area contributed by atoms with E-state index >= 15 is 0 Å². The van der Waals surface area contributed by atoms with Gasteiger partial charge in [0.1, 0.15) is 30.7 Å². The third-order valence-electron chi connectivity index (χ3n) is 1.88. The van der Waals surface area contributed by atoms with Gasteiger partial charge in [0.25, 0.3) is 0 Å². The van der Waals surface area contributed by atoms with Crippen LogP contribution in [0.1, 0.15) is 5.56 Å². The lowest BCUT2D eigenvalue weighted by Gasteiger charge is -2.17. The largest absolute Gasteiger partial charge is 0.480 e. The molecule has 0 radical (unpaired) electrons. The predicted molar refractivity (Wildman–Crippen MR) is 48.7 cm³/mol. The number of hydrogen-bond donors (Lipinski definition) is 1. The molecule has 1 N–H and O–H groups in total. The predicted octanol–water partition coefficient (Wildman–Crippen LogP) is 2.30. The number of halogens is 5. The molecule has 0 aliphatic rings. The third kappa shape index (κ3) is 3.39. The van der Waals surface area contributed by atoms with Gasteiger partial charge in [-0.1, -0.05) is 0 Å². The van der Waals surface area contributed by atoms with Crippen molar-refractivity contribution >= 4 is 5.97 Å². The van der Waals surface area contributed by atoms with E-state index in [1.54, 1.807) is 0 Å². The SMILES string of the molecule is O=C(O)COCC(F)(F)c1c(F)cc(F)cc1F. The highest BCUT2D eigenvalue weighted by atomic mass is 19.3. The Morgan fingerprint density at radius 3 is 2.17 bits per heavy atom. The zero-order valence-electron chi connectivity index (χ0n) is 8.72. The molecule has 1 aromatic carbocycles. The van der Waals surface area contributed by atoms with Crippen LogP contribution >= 0.6 is 0 Å². The van der Waals surface area contributed by atoms with Gasteiger partial charge < -0.3 is 9.84 Å². The molecule has 0 spiro atoms. The molecular formula is C10H7F5O3. The minimum absolute atomic E-state index is 0.101. The van der Waals surface area contributed by atoms with Gasteiger partial charge in [-0.3, -0.25) is 0 Å². The van der Waals surface area contributed by atoms with Crippen LogP contribution in [-0.2, 0) is 15.5 Å². The first-order chi connectivity index (χ1) is 8.24. The van der Waals surface area contributed by atoms with E-state index in [-0.39, 0.29) is 12.1 Å². The number of alkyl halides is 2. The average molecular weight is 270 g/mol. The zero-order chi connectivity index (χ0) is 13.9. The molecular weight excluding hydrogens is 263 g/mol. The maximum atomic E-state index is 13.3. The molecule has 18 heavy (non-hydrogen) atoms. The standard InChI is InChI=1S/C10H7F5O3/c11-5-1-6(12)9(7(13)2-5)10(14,15)4-18-3-8(16)17/h1-2H,3-4H2,(H,16,17). The van der Waals surface area contributed by atoms with Gasteiger partial charge in [0.15, 0.2) is 0 Å². The molecule has 1 aromatic rings. The highest BCUT2D eigenvalue weighted by molar-refractivity contribution is 5.68. The minimum atomic E-state index is -4.10. The molecule has 0 unspecified atom stereocenters. The average Bonchev–Trinajstić information content (AvgIpc) is 2.13. The lowest BCUT2D eigenvalue weighted by molar-refractivity contribution is -0.147. The molecule has 0 amide bonds. The van der Waals surface area contributed by atoms with Crippen LogP contribution in [0.4, 0.5) is 22.0 Å². The number of rotatable bonds is 5. The summed E-state index contributed by atoms with van der Waals surface area (Å²) in [5.74, 6) is -10.5. The smallest absolute Gasteiger partial charge is 0.329 e. The molecule has 0 saturated carbocycles. The van der Waals surface area contributed by atoms with Crippen molar-refractivity contribution in [1.82, 2.24) is 0 Å². The summed E-state index contributed by atoms with van der Waals surface area (Å²) < 4.78 is 69.4. The van der Waals surface area contributed by atoms with E-state index < -0.39 is 48.1 Å². The third-order valence-corrected chi connectivity index (χ3v) is 1.88. The van der Waals surface area contributed by atoms with Crippen molar-refractivity contribution in [2.45, 2.75) is 5.92 Å². The summed E-state index contributed by atoms with van der Waals surface area (Å²) in [6.45, 7) is -2.57. The van der Waals surface area contributed by atoms with Crippen LogP contribution in [0.5, 0.6) is 0 Å². The number of carbonyl (C=O) groups is 1. The van der Waals surface area contributed by atoms with Gasteiger partial charge in [-0.25, -0.2) is 18.0 Å². The summed E-state index contributed by atoms with van der Waals surface area (Å²) in [5.41, 5.74) is -1.66. The Hall–Kier alpha value is -1.70. The molecule has 0 fully saturated rings. The Balaban J connectivity index is 2.94. The molecule has 0 atom stereocenters. The molecule has 1 rings (SSSR count). The van der Waals surface area contributed by atoms with E-state index in [1.807, 2.05) is 0 Å². The number of hydrogen-bond acceptors (Lipinski definition) is 2. The normalized spacial score (nSPS) is 11.6. The minimum Gasteiger partial charge on any atom is -0.480 e. The highest BCUT2D eigenvalue weighted by Gasteiger charge is 2.38. The topological polar surface area (TPSA) is 46.5 Å². The molecule has 0 aromatic heterocycles. The van der Waals surface area contributed by atoms with Crippen molar-refractivity contribution in [1.29, 1.82) is 0 Å². The number of benzene rings is 1. The molecule has 8 heteroatoms. The molecule has 3 nitrogen and oxygen atoms in total. The second-order valence-corrected chi connectivity index (χ2v) is 3.34. The summed E-state index contributed by atoms with van der Waals surface area (Å²) >= 11 is 0. The van der Waals surface area contributed by atoms with Crippen molar-refractivity contribution in [3.63, 3.8) is 0 Å². The quantitative estimate of drug-likeness (QED) is 0.835. The molecule has 0 aliphatic heterocycles. The number of aliphatic carboxylic acids is 1. The van der Waals surface area contributed by atoms with Crippen LogP contribution in [-0.4, -0.2) is 24.3 Å². The fourth-order valence-electron chi connectivity index (χ4n) is 1.23. The summed E-state index contributed by atoms with van der Waals surface area (Å²) in [4.78, 5) is 10.0. The van der Waals surface area contributed by atoms with Crippen LogP contribution in [0, 0.1) is 17.5 Å². The van der Waals surface area contributed by atoms with Crippen molar-refractivity contribution in [2.75, 3.05) is 13.2 Å². The first-order valence-corrected chi connectivity index (χ1v) is 4.56. The molecule has 0 saturated heterocycles. The van der Waals surface area contributed by atoms with Gasteiger partial charge in [-0.05, 0) is 0 Å². The first-order valence-electron chi connectivity index (χ1n) is 4.56. The van der Waals surface area contributed by atoms with Crippen LogP contribution in [0.2, 0.25) is 0 Å². The van der Waals surface area contributed by atoms with Gasteiger partial charge >= 0.3 is 11.9 Å². The number of carboxylic acids is 1. The Kier molecular flexibility index (Phi) is 4.23. The van der Waals surface area contributed by atoms with Crippen LogP contribution < -0.4 is 0 Å². The van der Waals surface area contributed by atoms with Gasteiger partial charge in [-0.15, -0.1) is 0 Å². The highest BCUT2D eigenvalue weighted by Crippen LogP contribution is 2.32. The fraction of sp³-hybridized carbons (Fsp3) is 0.300. The molecule has 0 aliphatic carbocycles. The van der Waals surface area contributed by atoms with E-state index in [0.717, 1.165) is 0 Å². The zero-order valence-corrected chi connectivity index (χ0v) is 8.72. The van der Waals surface area contributed by atoms with Gasteiger partial charge in [-0.2, -0.15) is 8.78 Å². The van der Waals surface area contributed by atoms with E-state index in [1.165, 1.54) is 0 Å². The van der Waals surface area contributed by atoms with Crippen LogP contribution in [0.15, 0.2) is 12.1 Å². The van der Waals surface area contributed by atoms with E-state index in [0.29, 0.717) is 0 Å². The maximum absolute atomic E-state index is 13.3. The van der Waals surface area contributed by atoms with Crippen LogP contribution in [0.3, 0.4) is 0 Å². The summed E-state index contributed by atoms with van der Waals surface area (Å²) in [6, 6.07) is 0.201. The second-order valence-electron chi connectivity index (χ2n) is 3.34. The summed E-state index contributed by atoms with van der Waals surface area (Å²) in [6.07, 6.45) is 0. The van der Waals surface area contributed by atoms with Gasteiger partial charge in [0.2, 0.25) is 0 Å². The molecule has 0 heterocycles. The monoisotopic (exact) mass is 270 g/mol. The van der Waals surface area contributed by atoms with Crippen LogP contribution in [0.25, 0.3) is 0 Å². The Morgan fingerprint density at radius 1 is 1.22 bits per heavy atom. The van der Waals surface area contributed by atoms with Crippen molar-refractivity contribution in [3.05, 3.63) is 35.1 Å². The Labute approximate surface area is 97.8 Å². The summed E-state index contributed by atoms with van der Waals surface area (Å²) in [7, 11) is 0. The number of carboxylic acid groups (broad SMARTS) is 1. The fourth-order valence-corrected chi connectivity index (χ4v) is 1.23.